The van der Waals surface area contributed by atoms with Crippen LogP contribution in [0.2, 0.25) is 5.15 Å². The lowest BCUT2D eigenvalue weighted by Gasteiger charge is -2.38. The molecule has 1 N–H and O–H groups in total. The summed E-state index contributed by atoms with van der Waals surface area (Å²) in [6.45, 7) is 13.5. The van der Waals surface area contributed by atoms with Crippen LogP contribution in [0.15, 0.2) is 30.6 Å². The molecule has 1 saturated heterocycles. The average Bonchev–Trinajstić information content (AvgIpc) is 2.83. The van der Waals surface area contributed by atoms with Gasteiger partial charge in [0.1, 0.15) is 12.1 Å². The number of nitrogens with zero attached hydrogens (tertiary/aromatic N) is 5. The standard InChI is InChI=1S/C23H26ClF3N6.C2H6/c1-14(2)32-7-9-33(10-8-32)19-11-17-21(29-13-30-22(17)31-20(19)24)28-12-16-5-4-6-18(15(16)3)23(25,26)27;1-2/h4-6,11,13-14H,7-10,12H2,1-3H3,(H,28,29,30,31);1-2H3. The van der Waals surface area contributed by atoms with Gasteiger partial charge in [0.25, 0.3) is 0 Å². The zero-order chi connectivity index (χ0) is 25.8. The highest BCUT2D eigenvalue weighted by Gasteiger charge is 2.32. The normalized spacial score (nSPS) is 14.7. The minimum absolute atomic E-state index is 0.187. The van der Waals surface area contributed by atoms with E-state index in [0.717, 1.165) is 37.9 Å². The number of aromatic nitrogens is 3. The molecule has 1 fully saturated rings. The van der Waals surface area contributed by atoms with Crippen molar-refractivity contribution in [2.24, 2.45) is 0 Å². The fourth-order valence-corrected chi connectivity index (χ4v) is 4.41. The monoisotopic (exact) mass is 508 g/mol. The highest BCUT2D eigenvalue weighted by molar-refractivity contribution is 6.32. The Morgan fingerprint density at radius 2 is 1.77 bits per heavy atom. The minimum Gasteiger partial charge on any atom is -0.366 e. The van der Waals surface area contributed by atoms with Gasteiger partial charge in [-0.3, -0.25) is 4.90 Å². The Bertz CT molecular complexity index is 1140. The molecule has 1 aliphatic rings. The number of hydrogen-bond acceptors (Lipinski definition) is 6. The summed E-state index contributed by atoms with van der Waals surface area (Å²) in [4.78, 5) is 17.6. The van der Waals surface area contributed by atoms with Crippen molar-refractivity contribution in [2.75, 3.05) is 36.4 Å². The molecule has 0 atom stereocenters. The van der Waals surface area contributed by atoms with E-state index in [1.54, 1.807) is 6.07 Å². The van der Waals surface area contributed by atoms with Gasteiger partial charge in [0, 0.05) is 38.8 Å². The summed E-state index contributed by atoms with van der Waals surface area (Å²) in [5, 5.41) is 4.21. The number of nitrogens with one attached hydrogen (secondary N) is 1. The maximum atomic E-state index is 13.3. The van der Waals surface area contributed by atoms with Crippen LogP contribution in [-0.4, -0.2) is 52.1 Å². The third-order valence-corrected chi connectivity index (χ3v) is 6.42. The van der Waals surface area contributed by atoms with Gasteiger partial charge >= 0.3 is 6.18 Å². The maximum absolute atomic E-state index is 13.3. The largest absolute Gasteiger partial charge is 0.416 e. The Morgan fingerprint density at radius 3 is 2.40 bits per heavy atom. The van der Waals surface area contributed by atoms with Gasteiger partial charge in [-0.25, -0.2) is 15.0 Å². The third kappa shape index (κ3) is 6.13. The van der Waals surface area contributed by atoms with Gasteiger partial charge in [0.05, 0.1) is 16.6 Å². The molecule has 3 heterocycles. The molecular weight excluding hydrogens is 477 g/mol. The molecule has 1 aliphatic heterocycles. The second-order valence-corrected chi connectivity index (χ2v) is 8.81. The van der Waals surface area contributed by atoms with Crippen molar-refractivity contribution in [3.63, 3.8) is 0 Å². The van der Waals surface area contributed by atoms with Crippen LogP contribution in [0.3, 0.4) is 0 Å². The van der Waals surface area contributed by atoms with Crippen LogP contribution in [0.4, 0.5) is 24.7 Å². The Morgan fingerprint density at radius 1 is 1.09 bits per heavy atom. The summed E-state index contributed by atoms with van der Waals surface area (Å²) >= 11 is 6.49. The smallest absolute Gasteiger partial charge is 0.366 e. The summed E-state index contributed by atoms with van der Waals surface area (Å²) in [7, 11) is 0. The van der Waals surface area contributed by atoms with Crippen LogP contribution in [0.5, 0.6) is 0 Å². The van der Waals surface area contributed by atoms with Crippen molar-refractivity contribution < 1.29 is 13.2 Å². The molecule has 0 amide bonds. The molecule has 6 nitrogen and oxygen atoms in total. The van der Waals surface area contributed by atoms with E-state index in [-0.39, 0.29) is 12.1 Å². The van der Waals surface area contributed by atoms with Gasteiger partial charge < -0.3 is 10.2 Å². The van der Waals surface area contributed by atoms with Gasteiger partial charge in [-0.15, -0.1) is 0 Å². The average molecular weight is 509 g/mol. The van der Waals surface area contributed by atoms with Gasteiger partial charge in [-0.1, -0.05) is 37.6 Å². The van der Waals surface area contributed by atoms with Gasteiger partial charge in [0.2, 0.25) is 0 Å². The Labute approximate surface area is 209 Å². The van der Waals surface area contributed by atoms with E-state index < -0.39 is 11.7 Å². The van der Waals surface area contributed by atoms with Gasteiger partial charge in [-0.05, 0) is 44.0 Å². The van der Waals surface area contributed by atoms with Crippen molar-refractivity contribution >= 4 is 34.1 Å². The lowest BCUT2D eigenvalue weighted by Crippen LogP contribution is -2.49. The van der Waals surface area contributed by atoms with Crippen molar-refractivity contribution in [1.29, 1.82) is 0 Å². The van der Waals surface area contributed by atoms with Crippen LogP contribution in [0.25, 0.3) is 11.0 Å². The van der Waals surface area contributed by atoms with E-state index in [2.05, 4.69) is 43.9 Å². The Balaban J connectivity index is 0.00000167. The van der Waals surface area contributed by atoms with E-state index in [0.29, 0.717) is 33.6 Å². The number of benzene rings is 1. The predicted molar refractivity (Wildman–Crippen MR) is 136 cm³/mol. The van der Waals surface area contributed by atoms with E-state index >= 15 is 0 Å². The highest BCUT2D eigenvalue weighted by atomic mass is 35.5. The van der Waals surface area contributed by atoms with E-state index in [9.17, 15) is 13.2 Å². The first kappa shape index (κ1) is 26.9. The molecule has 190 valence electrons. The van der Waals surface area contributed by atoms with Crippen molar-refractivity contribution in [3.05, 3.63) is 52.4 Å². The molecule has 0 radical (unpaired) electrons. The lowest BCUT2D eigenvalue weighted by molar-refractivity contribution is -0.138. The Kier molecular flexibility index (Phi) is 8.77. The van der Waals surface area contributed by atoms with E-state index in [1.807, 2.05) is 19.9 Å². The highest BCUT2D eigenvalue weighted by Crippen LogP contribution is 2.34. The molecule has 4 rings (SSSR count). The molecule has 0 spiro atoms. The number of halogens is 4. The molecule has 3 aromatic rings. The number of rotatable bonds is 5. The fourth-order valence-electron chi connectivity index (χ4n) is 4.16. The van der Waals surface area contributed by atoms with Crippen LogP contribution < -0.4 is 10.2 Å². The number of fused-ring (bicyclic) bond motifs is 1. The summed E-state index contributed by atoms with van der Waals surface area (Å²) in [6.07, 6.45) is -3.02. The van der Waals surface area contributed by atoms with Crippen LogP contribution in [0.1, 0.15) is 44.4 Å². The topological polar surface area (TPSA) is 57.2 Å². The number of hydrogen-bond donors (Lipinski definition) is 1. The maximum Gasteiger partial charge on any atom is 0.416 e. The van der Waals surface area contributed by atoms with Gasteiger partial charge in [-0.2, -0.15) is 13.2 Å². The van der Waals surface area contributed by atoms with E-state index in [1.165, 1.54) is 19.3 Å². The molecule has 0 unspecified atom stereocenters. The molecular formula is C25H32ClF3N6. The number of piperazine rings is 1. The first-order valence-electron chi connectivity index (χ1n) is 11.8. The summed E-state index contributed by atoms with van der Waals surface area (Å²) in [5.74, 6) is 0.503. The van der Waals surface area contributed by atoms with Crippen LogP contribution in [0, 0.1) is 6.92 Å². The first-order chi connectivity index (χ1) is 16.6. The van der Waals surface area contributed by atoms with Crippen molar-refractivity contribution in [3.8, 4) is 0 Å². The number of pyridine rings is 1. The molecule has 10 heteroatoms. The Hall–Kier alpha value is -2.65. The van der Waals surface area contributed by atoms with Crippen LogP contribution in [-0.2, 0) is 12.7 Å². The SMILES string of the molecule is CC.Cc1c(CNc2ncnc3nc(Cl)c(N4CCN(C(C)C)CC4)cc23)cccc1C(F)(F)F. The summed E-state index contributed by atoms with van der Waals surface area (Å²) in [6, 6.07) is 6.59. The van der Waals surface area contributed by atoms with Crippen LogP contribution >= 0.6 is 11.6 Å². The number of anilines is 2. The summed E-state index contributed by atoms with van der Waals surface area (Å²) in [5.41, 5.74) is 1.35. The summed E-state index contributed by atoms with van der Waals surface area (Å²) < 4.78 is 39.8. The third-order valence-electron chi connectivity index (χ3n) is 6.14. The fraction of sp³-hybridized carbons (Fsp3) is 0.480. The second-order valence-electron chi connectivity index (χ2n) is 8.45. The van der Waals surface area contributed by atoms with E-state index in [4.69, 9.17) is 11.6 Å². The number of alkyl halides is 3. The second kappa shape index (κ2) is 11.4. The zero-order valence-electron chi connectivity index (χ0n) is 20.7. The quantitative estimate of drug-likeness (QED) is 0.416. The molecule has 1 aromatic carbocycles. The lowest BCUT2D eigenvalue weighted by atomic mass is 10.0. The molecule has 0 bridgehead atoms. The molecule has 0 saturated carbocycles. The minimum atomic E-state index is -4.39. The molecule has 35 heavy (non-hydrogen) atoms. The zero-order valence-corrected chi connectivity index (χ0v) is 21.5. The van der Waals surface area contributed by atoms with Crippen molar-refractivity contribution in [2.45, 2.75) is 53.4 Å². The predicted octanol–water partition coefficient (Wildman–Crippen LogP) is 6.17. The first-order valence-corrected chi connectivity index (χ1v) is 12.2. The van der Waals surface area contributed by atoms with Gasteiger partial charge in [0.15, 0.2) is 10.8 Å². The molecule has 2 aromatic heterocycles. The molecule has 0 aliphatic carbocycles. The van der Waals surface area contributed by atoms with Crippen molar-refractivity contribution in [1.82, 2.24) is 19.9 Å².